The zero-order valence-electron chi connectivity index (χ0n) is 20.6. The van der Waals surface area contributed by atoms with Gasteiger partial charge in [-0.15, -0.1) is 0 Å². The van der Waals surface area contributed by atoms with E-state index >= 15 is 0 Å². The van der Waals surface area contributed by atoms with Gasteiger partial charge in [-0.3, -0.25) is 9.59 Å². The number of benzene rings is 3. The van der Waals surface area contributed by atoms with Crippen molar-refractivity contribution in [1.82, 2.24) is 5.43 Å². The molecule has 38 heavy (non-hydrogen) atoms. The maximum atomic E-state index is 13.4. The van der Waals surface area contributed by atoms with Gasteiger partial charge >= 0.3 is 0 Å². The van der Waals surface area contributed by atoms with Gasteiger partial charge in [-0.2, -0.15) is 5.10 Å². The molecule has 0 unspecified atom stereocenters. The van der Waals surface area contributed by atoms with Crippen molar-refractivity contribution in [2.75, 3.05) is 5.32 Å². The summed E-state index contributed by atoms with van der Waals surface area (Å²) in [4.78, 5) is 26.5. The Bertz CT molecular complexity index is 1480. The number of amides is 2. The Labute approximate surface area is 230 Å². The summed E-state index contributed by atoms with van der Waals surface area (Å²) in [6.07, 6.45) is 2.13. The van der Waals surface area contributed by atoms with E-state index in [0.29, 0.717) is 45.6 Å². The molecule has 5 rings (SSSR count). The molecule has 0 spiro atoms. The zero-order valence-corrected chi connectivity index (χ0v) is 22.1. The summed E-state index contributed by atoms with van der Waals surface area (Å²) in [6, 6.07) is 24.1. The van der Waals surface area contributed by atoms with Gasteiger partial charge in [-0.25, -0.2) is 5.43 Å². The van der Waals surface area contributed by atoms with Crippen LogP contribution in [0.2, 0.25) is 10.0 Å². The maximum absolute atomic E-state index is 13.4. The number of nitrogens with one attached hydrogen (secondary N) is 2. The summed E-state index contributed by atoms with van der Waals surface area (Å²) in [5.74, 6) is -0.257. The third-order valence-corrected chi connectivity index (χ3v) is 7.28. The standard InChI is InChI=1S/C30H25Cl2N3O3/c1-18-26-24(34-35-29(36)27(19-9-4-2-5-10-19)20-11-6-3-7-12-20)13-8-14-25(26)38-28(18)30(37)33-21-15-16-22(31)23(32)17-21/h2-7,9-12,15-17,27H,8,13-14H2,1H3,(H,33,37)(H,35,36)/b34-24+. The van der Waals surface area contributed by atoms with Crippen molar-refractivity contribution in [3.8, 4) is 0 Å². The highest BCUT2D eigenvalue weighted by atomic mass is 35.5. The van der Waals surface area contributed by atoms with Gasteiger partial charge in [0.25, 0.3) is 11.8 Å². The Morgan fingerprint density at radius 1 is 0.895 bits per heavy atom. The molecule has 0 bridgehead atoms. The van der Waals surface area contributed by atoms with Crippen molar-refractivity contribution in [1.29, 1.82) is 0 Å². The van der Waals surface area contributed by atoms with Crippen molar-refractivity contribution in [2.24, 2.45) is 5.10 Å². The van der Waals surface area contributed by atoms with Gasteiger partial charge < -0.3 is 9.73 Å². The highest BCUT2D eigenvalue weighted by Gasteiger charge is 2.29. The number of carbonyl (C=O) groups excluding carboxylic acids is 2. The number of nitrogens with zero attached hydrogens (tertiary/aromatic N) is 1. The average Bonchev–Trinajstić information content (AvgIpc) is 3.28. The molecule has 8 heteroatoms. The Hall–Kier alpha value is -3.87. The minimum Gasteiger partial charge on any atom is -0.455 e. The molecule has 0 aliphatic heterocycles. The van der Waals surface area contributed by atoms with Crippen molar-refractivity contribution >= 4 is 46.4 Å². The van der Waals surface area contributed by atoms with E-state index in [1.165, 1.54) is 0 Å². The first-order valence-corrected chi connectivity index (χ1v) is 13.0. The normalized spacial score (nSPS) is 13.8. The highest BCUT2D eigenvalue weighted by Crippen LogP contribution is 2.31. The van der Waals surface area contributed by atoms with Crippen molar-refractivity contribution in [3.05, 3.63) is 123 Å². The first kappa shape index (κ1) is 25.8. The molecule has 4 aromatic rings. The minimum atomic E-state index is -0.511. The number of hydrazone groups is 1. The van der Waals surface area contributed by atoms with Crippen LogP contribution in [0.4, 0.5) is 5.69 Å². The van der Waals surface area contributed by atoms with E-state index in [-0.39, 0.29) is 11.7 Å². The lowest BCUT2D eigenvalue weighted by atomic mass is 9.90. The Balaban J connectivity index is 1.40. The van der Waals surface area contributed by atoms with E-state index < -0.39 is 11.8 Å². The molecule has 0 radical (unpaired) electrons. The molecule has 1 heterocycles. The van der Waals surface area contributed by atoms with E-state index in [9.17, 15) is 9.59 Å². The van der Waals surface area contributed by atoms with Gasteiger partial charge in [-0.05, 0) is 49.1 Å². The fourth-order valence-corrected chi connectivity index (χ4v) is 5.03. The number of hydrogen-bond acceptors (Lipinski definition) is 4. The third kappa shape index (κ3) is 5.37. The third-order valence-electron chi connectivity index (χ3n) is 6.54. The van der Waals surface area contributed by atoms with Gasteiger partial charge in [0, 0.05) is 23.2 Å². The van der Waals surface area contributed by atoms with Crippen molar-refractivity contribution in [2.45, 2.75) is 32.1 Å². The number of carbonyl (C=O) groups is 2. The molecule has 0 saturated heterocycles. The monoisotopic (exact) mass is 545 g/mol. The zero-order chi connectivity index (χ0) is 26.6. The Morgan fingerprint density at radius 3 is 2.18 bits per heavy atom. The van der Waals surface area contributed by atoms with Crippen LogP contribution >= 0.6 is 23.2 Å². The average molecular weight is 546 g/mol. The van der Waals surface area contributed by atoms with Gasteiger partial charge in [0.15, 0.2) is 5.76 Å². The first-order chi connectivity index (χ1) is 18.4. The Kier molecular flexibility index (Phi) is 7.63. The molecule has 1 aromatic heterocycles. The van der Waals surface area contributed by atoms with Crippen LogP contribution in [0.3, 0.4) is 0 Å². The molecule has 1 aliphatic carbocycles. The van der Waals surface area contributed by atoms with E-state index in [2.05, 4.69) is 15.8 Å². The molecule has 0 fully saturated rings. The van der Waals surface area contributed by atoms with E-state index in [0.717, 1.165) is 23.1 Å². The van der Waals surface area contributed by atoms with Crippen LogP contribution in [0.5, 0.6) is 0 Å². The number of anilines is 1. The summed E-state index contributed by atoms with van der Waals surface area (Å²) >= 11 is 12.1. The number of halogens is 2. The SMILES string of the molecule is Cc1c(C(=O)Nc2ccc(Cl)c(Cl)c2)oc2c1/C(=N/NC(=O)C(c1ccccc1)c1ccccc1)CCC2. The summed E-state index contributed by atoms with van der Waals surface area (Å²) in [6.45, 7) is 1.82. The van der Waals surface area contributed by atoms with E-state index in [1.54, 1.807) is 18.2 Å². The topological polar surface area (TPSA) is 83.7 Å². The largest absolute Gasteiger partial charge is 0.455 e. The van der Waals surface area contributed by atoms with Crippen molar-refractivity contribution in [3.63, 3.8) is 0 Å². The van der Waals surface area contributed by atoms with Crippen LogP contribution in [-0.2, 0) is 11.2 Å². The smallest absolute Gasteiger partial charge is 0.291 e. The van der Waals surface area contributed by atoms with Crippen LogP contribution < -0.4 is 10.7 Å². The molecule has 2 N–H and O–H groups in total. The van der Waals surface area contributed by atoms with Crippen LogP contribution in [0.25, 0.3) is 0 Å². The first-order valence-electron chi connectivity index (χ1n) is 12.3. The van der Waals surface area contributed by atoms with Gasteiger partial charge in [-0.1, -0.05) is 83.9 Å². The second kappa shape index (κ2) is 11.3. The van der Waals surface area contributed by atoms with Crippen LogP contribution in [-0.4, -0.2) is 17.5 Å². The van der Waals surface area contributed by atoms with Crippen LogP contribution in [0.1, 0.15) is 57.3 Å². The fraction of sp³-hybridized carbons (Fsp3) is 0.167. The van der Waals surface area contributed by atoms with E-state index in [4.69, 9.17) is 27.6 Å². The molecule has 6 nitrogen and oxygen atoms in total. The Morgan fingerprint density at radius 2 is 1.55 bits per heavy atom. The maximum Gasteiger partial charge on any atom is 0.291 e. The molecule has 192 valence electrons. The molecule has 3 aromatic carbocycles. The van der Waals surface area contributed by atoms with Gasteiger partial charge in [0.1, 0.15) is 5.76 Å². The van der Waals surface area contributed by atoms with Crippen LogP contribution in [0.15, 0.2) is 88.4 Å². The predicted octanol–water partition coefficient (Wildman–Crippen LogP) is 7.14. The minimum absolute atomic E-state index is 0.202. The molecular formula is C30H25Cl2N3O3. The van der Waals surface area contributed by atoms with Gasteiger partial charge in [0.05, 0.1) is 21.7 Å². The summed E-state index contributed by atoms with van der Waals surface area (Å²) in [5.41, 5.74) is 7.18. The summed E-state index contributed by atoms with van der Waals surface area (Å²) < 4.78 is 5.98. The lowest BCUT2D eigenvalue weighted by Crippen LogP contribution is -2.28. The fourth-order valence-electron chi connectivity index (χ4n) is 4.73. The second-order valence-corrected chi connectivity index (χ2v) is 9.89. The van der Waals surface area contributed by atoms with Crippen molar-refractivity contribution < 1.29 is 14.0 Å². The second-order valence-electron chi connectivity index (χ2n) is 9.08. The van der Waals surface area contributed by atoms with Gasteiger partial charge in [0.2, 0.25) is 0 Å². The number of hydrogen-bond donors (Lipinski definition) is 2. The molecule has 1 aliphatic rings. The number of fused-ring (bicyclic) bond motifs is 1. The summed E-state index contributed by atoms with van der Waals surface area (Å²) in [7, 11) is 0. The lowest BCUT2D eigenvalue weighted by Gasteiger charge is -2.18. The molecular weight excluding hydrogens is 521 g/mol. The lowest BCUT2D eigenvalue weighted by molar-refractivity contribution is -0.121. The number of rotatable bonds is 6. The molecule has 2 amide bonds. The highest BCUT2D eigenvalue weighted by molar-refractivity contribution is 6.42. The number of aryl methyl sites for hydroxylation is 1. The molecule has 0 atom stereocenters. The van der Waals surface area contributed by atoms with E-state index in [1.807, 2.05) is 67.6 Å². The molecule has 0 saturated carbocycles. The summed E-state index contributed by atoms with van der Waals surface area (Å²) in [5, 5.41) is 8.08. The predicted molar refractivity (Wildman–Crippen MR) is 150 cm³/mol. The number of furan rings is 1. The van der Waals surface area contributed by atoms with Crippen LogP contribution in [0, 0.1) is 6.92 Å². The quantitative estimate of drug-likeness (QED) is 0.252.